The average Bonchev–Trinajstić information content (AvgIpc) is 2.54. The molecular formula is C20H28O3S. The van der Waals surface area contributed by atoms with E-state index in [4.69, 9.17) is 0 Å². The van der Waals surface area contributed by atoms with Gasteiger partial charge >= 0.3 is 0 Å². The van der Waals surface area contributed by atoms with Crippen molar-refractivity contribution in [3.63, 3.8) is 0 Å². The predicted octanol–water partition coefficient (Wildman–Crippen LogP) is 5.55. The molecule has 132 valence electrons. The third-order valence-corrected chi connectivity index (χ3v) is 5.37. The molecule has 0 aromatic heterocycles. The number of aryl methyl sites for hydroxylation is 2. The van der Waals surface area contributed by atoms with Crippen LogP contribution in [-0.4, -0.2) is 13.0 Å². The Morgan fingerprint density at radius 1 is 0.917 bits per heavy atom. The topological polar surface area (TPSA) is 54.4 Å². The van der Waals surface area contributed by atoms with E-state index in [1.54, 1.807) is 6.07 Å². The first-order chi connectivity index (χ1) is 11.5. The zero-order valence-corrected chi connectivity index (χ0v) is 15.5. The molecule has 0 radical (unpaired) electrons. The van der Waals surface area contributed by atoms with Gasteiger partial charge in [-0.1, -0.05) is 63.8 Å². The van der Waals surface area contributed by atoms with Crippen molar-refractivity contribution in [2.45, 2.75) is 70.1 Å². The standard InChI is InChI=1S/C20H28O3S/c1-3-5-7-10-16-14-17(11-8-6-4-2)20-18(15-16)12-9-13-19(20)24(21,22)23/h9,12-15H,3-8,10-11H2,1-2H3,(H,21,22,23). The van der Waals surface area contributed by atoms with Gasteiger partial charge in [-0.3, -0.25) is 4.55 Å². The highest BCUT2D eigenvalue weighted by Gasteiger charge is 2.17. The molecule has 24 heavy (non-hydrogen) atoms. The number of hydrogen-bond acceptors (Lipinski definition) is 2. The molecule has 2 aromatic carbocycles. The largest absolute Gasteiger partial charge is 0.295 e. The van der Waals surface area contributed by atoms with Crippen molar-refractivity contribution >= 4 is 20.9 Å². The Hall–Kier alpha value is -1.39. The van der Waals surface area contributed by atoms with Gasteiger partial charge in [-0.25, -0.2) is 0 Å². The number of unbranched alkanes of at least 4 members (excludes halogenated alkanes) is 4. The molecule has 0 unspecified atom stereocenters. The normalized spacial score (nSPS) is 12.0. The molecule has 0 saturated heterocycles. The van der Waals surface area contributed by atoms with Crippen LogP contribution < -0.4 is 0 Å². The number of fused-ring (bicyclic) bond motifs is 1. The van der Waals surface area contributed by atoms with E-state index < -0.39 is 10.1 Å². The van der Waals surface area contributed by atoms with E-state index in [0.29, 0.717) is 5.39 Å². The van der Waals surface area contributed by atoms with E-state index in [0.717, 1.165) is 49.5 Å². The quantitative estimate of drug-likeness (QED) is 0.477. The molecule has 0 aliphatic heterocycles. The van der Waals surface area contributed by atoms with E-state index in [9.17, 15) is 13.0 Å². The Labute approximate surface area is 145 Å². The molecule has 2 aromatic rings. The van der Waals surface area contributed by atoms with Gasteiger partial charge in [0.25, 0.3) is 10.1 Å². The van der Waals surface area contributed by atoms with Gasteiger partial charge in [-0.05, 0) is 48.3 Å². The minimum atomic E-state index is -4.22. The molecule has 0 heterocycles. The van der Waals surface area contributed by atoms with Crippen molar-refractivity contribution in [1.82, 2.24) is 0 Å². The van der Waals surface area contributed by atoms with Crippen LogP contribution in [0.2, 0.25) is 0 Å². The van der Waals surface area contributed by atoms with Crippen LogP contribution in [0, 0.1) is 0 Å². The van der Waals surface area contributed by atoms with Crippen LogP contribution in [0.3, 0.4) is 0 Å². The zero-order valence-electron chi connectivity index (χ0n) is 14.7. The Balaban J connectivity index is 2.51. The molecule has 3 nitrogen and oxygen atoms in total. The fourth-order valence-electron chi connectivity index (χ4n) is 3.25. The lowest BCUT2D eigenvalue weighted by Gasteiger charge is -2.13. The summed E-state index contributed by atoms with van der Waals surface area (Å²) in [5.74, 6) is 0. The minimum Gasteiger partial charge on any atom is -0.282 e. The van der Waals surface area contributed by atoms with Crippen molar-refractivity contribution in [2.75, 3.05) is 0 Å². The second-order valence-electron chi connectivity index (χ2n) is 6.50. The maximum absolute atomic E-state index is 11.8. The third kappa shape index (κ3) is 4.81. The molecule has 2 rings (SSSR count). The number of benzene rings is 2. The van der Waals surface area contributed by atoms with Crippen molar-refractivity contribution < 1.29 is 13.0 Å². The smallest absolute Gasteiger partial charge is 0.282 e. The predicted molar refractivity (Wildman–Crippen MR) is 100 cm³/mol. The Morgan fingerprint density at radius 2 is 1.58 bits per heavy atom. The van der Waals surface area contributed by atoms with Gasteiger partial charge in [-0.2, -0.15) is 8.42 Å². The molecule has 0 saturated carbocycles. The monoisotopic (exact) mass is 348 g/mol. The lowest BCUT2D eigenvalue weighted by atomic mass is 9.95. The summed E-state index contributed by atoms with van der Waals surface area (Å²) < 4.78 is 33.2. The number of hydrogen-bond donors (Lipinski definition) is 1. The third-order valence-electron chi connectivity index (χ3n) is 4.48. The summed E-state index contributed by atoms with van der Waals surface area (Å²) in [6.07, 6.45) is 8.67. The first kappa shape index (κ1) is 18.9. The van der Waals surface area contributed by atoms with Gasteiger partial charge in [0.05, 0.1) is 0 Å². The summed E-state index contributed by atoms with van der Waals surface area (Å²) >= 11 is 0. The molecule has 0 bridgehead atoms. The van der Waals surface area contributed by atoms with Crippen LogP contribution in [0.5, 0.6) is 0 Å². The van der Waals surface area contributed by atoms with Crippen LogP contribution in [0.4, 0.5) is 0 Å². The van der Waals surface area contributed by atoms with Crippen LogP contribution in [0.15, 0.2) is 35.2 Å². The molecule has 0 aliphatic rings. The van der Waals surface area contributed by atoms with E-state index in [1.165, 1.54) is 24.5 Å². The second kappa shape index (κ2) is 8.63. The minimum absolute atomic E-state index is 0.0339. The summed E-state index contributed by atoms with van der Waals surface area (Å²) in [6, 6.07) is 9.36. The van der Waals surface area contributed by atoms with Gasteiger partial charge in [0.15, 0.2) is 0 Å². The Kier molecular flexibility index (Phi) is 6.81. The molecule has 0 aliphatic carbocycles. The summed E-state index contributed by atoms with van der Waals surface area (Å²) in [5, 5.41) is 1.60. The first-order valence-electron chi connectivity index (χ1n) is 8.99. The first-order valence-corrected chi connectivity index (χ1v) is 10.4. The Bertz CT molecular complexity index is 779. The molecule has 0 atom stereocenters. The lowest BCUT2D eigenvalue weighted by molar-refractivity contribution is 0.484. The van der Waals surface area contributed by atoms with Gasteiger partial charge in [-0.15, -0.1) is 0 Å². The highest BCUT2D eigenvalue weighted by molar-refractivity contribution is 7.86. The maximum atomic E-state index is 11.8. The van der Waals surface area contributed by atoms with Gasteiger partial charge in [0.2, 0.25) is 0 Å². The fraction of sp³-hybridized carbons (Fsp3) is 0.500. The zero-order chi connectivity index (χ0) is 17.6. The summed E-state index contributed by atoms with van der Waals surface area (Å²) in [4.78, 5) is 0.0339. The van der Waals surface area contributed by atoms with Crippen LogP contribution in [0.1, 0.15) is 63.5 Å². The van der Waals surface area contributed by atoms with E-state index in [1.807, 2.05) is 6.07 Å². The van der Waals surface area contributed by atoms with E-state index in [2.05, 4.69) is 26.0 Å². The SMILES string of the molecule is CCCCCc1cc(CCCCC)c2c(S(=O)(=O)O)cccc2c1. The van der Waals surface area contributed by atoms with Crippen LogP contribution in [0.25, 0.3) is 10.8 Å². The van der Waals surface area contributed by atoms with E-state index in [-0.39, 0.29) is 4.90 Å². The highest BCUT2D eigenvalue weighted by atomic mass is 32.2. The fourth-order valence-corrected chi connectivity index (χ4v) is 4.01. The van der Waals surface area contributed by atoms with Crippen LogP contribution >= 0.6 is 0 Å². The van der Waals surface area contributed by atoms with Gasteiger partial charge in [0.1, 0.15) is 4.90 Å². The van der Waals surface area contributed by atoms with Gasteiger partial charge in [0, 0.05) is 5.39 Å². The molecule has 0 fully saturated rings. The molecule has 1 N–H and O–H groups in total. The second-order valence-corrected chi connectivity index (χ2v) is 7.89. The molecular weight excluding hydrogens is 320 g/mol. The van der Waals surface area contributed by atoms with E-state index >= 15 is 0 Å². The maximum Gasteiger partial charge on any atom is 0.295 e. The Morgan fingerprint density at radius 3 is 2.21 bits per heavy atom. The van der Waals surface area contributed by atoms with Crippen molar-refractivity contribution in [3.05, 3.63) is 41.5 Å². The molecule has 0 amide bonds. The summed E-state index contributed by atoms with van der Waals surface area (Å²) in [6.45, 7) is 4.35. The average molecular weight is 349 g/mol. The summed E-state index contributed by atoms with van der Waals surface area (Å²) in [7, 11) is -4.22. The highest BCUT2D eigenvalue weighted by Crippen LogP contribution is 2.30. The lowest BCUT2D eigenvalue weighted by Crippen LogP contribution is -2.02. The van der Waals surface area contributed by atoms with Crippen molar-refractivity contribution in [1.29, 1.82) is 0 Å². The van der Waals surface area contributed by atoms with Crippen LogP contribution in [-0.2, 0) is 23.0 Å². The van der Waals surface area contributed by atoms with Crippen molar-refractivity contribution in [2.24, 2.45) is 0 Å². The molecule has 0 spiro atoms. The number of rotatable bonds is 9. The molecule has 4 heteroatoms. The van der Waals surface area contributed by atoms with Gasteiger partial charge < -0.3 is 0 Å². The summed E-state index contributed by atoms with van der Waals surface area (Å²) in [5.41, 5.74) is 2.30. The van der Waals surface area contributed by atoms with Crippen molar-refractivity contribution in [3.8, 4) is 0 Å².